The highest BCUT2D eigenvalue weighted by molar-refractivity contribution is 6.22. The average Bonchev–Trinajstić information content (AvgIpc) is 3.87. The quantitative estimate of drug-likeness (QED) is 0.177. The van der Waals surface area contributed by atoms with Crippen LogP contribution in [0.3, 0.4) is 0 Å². The molecule has 0 unspecified atom stereocenters. The fourth-order valence-corrected chi connectivity index (χ4v) is 10.4. The molecule has 4 heteroatoms. The molecule has 0 radical (unpaired) electrons. The molecule has 0 fully saturated rings. The second-order valence-corrected chi connectivity index (χ2v) is 17.0. The van der Waals surface area contributed by atoms with Crippen molar-refractivity contribution in [3.8, 4) is 33.9 Å². The van der Waals surface area contributed by atoms with E-state index in [9.17, 15) is 0 Å². The van der Waals surface area contributed by atoms with Crippen LogP contribution in [-0.2, 0) is 0 Å². The van der Waals surface area contributed by atoms with Crippen molar-refractivity contribution in [3.05, 3.63) is 218 Å². The molecular weight excluding hydrogens is 777 g/mol. The fourth-order valence-electron chi connectivity index (χ4n) is 10.4. The Bertz CT molecular complexity index is 4270. The van der Waals surface area contributed by atoms with Crippen LogP contribution in [0.5, 0.6) is 0 Å². The minimum Gasteiger partial charge on any atom is -0.309 e. The first kappa shape index (κ1) is 35.0. The Hall–Kier alpha value is -8.60. The molecule has 0 N–H and O–H groups in total. The van der Waals surface area contributed by atoms with Gasteiger partial charge in [0, 0.05) is 44.0 Å². The second-order valence-electron chi connectivity index (χ2n) is 17.0. The van der Waals surface area contributed by atoms with Gasteiger partial charge in [-0.05, 0) is 122 Å². The van der Waals surface area contributed by atoms with Gasteiger partial charge in [-0.3, -0.25) is 0 Å². The van der Waals surface area contributed by atoms with Crippen molar-refractivity contribution < 1.29 is 0 Å². The van der Waals surface area contributed by atoms with E-state index in [0.29, 0.717) is 0 Å². The Morgan fingerprint density at radius 3 is 1.50 bits per heavy atom. The second kappa shape index (κ2) is 13.4. The maximum atomic E-state index is 5.26. The van der Waals surface area contributed by atoms with Crippen LogP contribution in [0.15, 0.2) is 218 Å². The maximum Gasteiger partial charge on any atom is 0.0973 e. The summed E-state index contributed by atoms with van der Waals surface area (Å²) in [6, 6.07) is 79.3. The number of para-hydroxylation sites is 3. The summed E-state index contributed by atoms with van der Waals surface area (Å²) in [7, 11) is 0. The van der Waals surface area contributed by atoms with Gasteiger partial charge in [0.25, 0.3) is 0 Å². The Morgan fingerprint density at radius 2 is 0.734 bits per heavy atom. The summed E-state index contributed by atoms with van der Waals surface area (Å²) in [5.41, 5.74) is 12.6. The van der Waals surface area contributed by atoms with Gasteiger partial charge in [0.1, 0.15) is 0 Å². The zero-order valence-electron chi connectivity index (χ0n) is 34.6. The predicted octanol–water partition coefficient (Wildman–Crippen LogP) is 15.8. The molecule has 0 saturated heterocycles. The Kier molecular flexibility index (Phi) is 7.36. The summed E-state index contributed by atoms with van der Waals surface area (Å²) < 4.78 is 4.89. The molecule has 14 aromatic rings. The number of hydrogen-bond acceptors (Lipinski definition) is 2. The highest BCUT2D eigenvalue weighted by Crippen LogP contribution is 2.41. The van der Waals surface area contributed by atoms with Gasteiger partial charge in [0.2, 0.25) is 0 Å². The molecule has 0 bridgehead atoms. The van der Waals surface area contributed by atoms with E-state index in [1.807, 2.05) is 24.3 Å². The van der Waals surface area contributed by atoms with Gasteiger partial charge in [0.15, 0.2) is 0 Å². The van der Waals surface area contributed by atoms with E-state index in [2.05, 4.69) is 203 Å². The normalized spacial score (nSPS) is 12.1. The lowest BCUT2D eigenvalue weighted by molar-refractivity contribution is 1.17. The topological polar surface area (TPSA) is 35.6 Å². The number of aromatic nitrogens is 4. The fraction of sp³-hybridized carbons (Fsp3) is 0. The molecule has 296 valence electrons. The molecule has 0 aliphatic carbocycles. The Morgan fingerprint density at radius 1 is 0.266 bits per heavy atom. The van der Waals surface area contributed by atoms with Gasteiger partial charge in [-0.15, -0.1) is 0 Å². The molecule has 64 heavy (non-hydrogen) atoms. The molecule has 0 aliphatic rings. The maximum absolute atomic E-state index is 5.26. The van der Waals surface area contributed by atoms with Crippen molar-refractivity contribution >= 4 is 97.7 Å². The van der Waals surface area contributed by atoms with E-state index in [0.717, 1.165) is 55.7 Å². The average molecular weight is 813 g/mol. The zero-order chi connectivity index (χ0) is 41.9. The van der Waals surface area contributed by atoms with Crippen LogP contribution in [0.2, 0.25) is 0 Å². The summed E-state index contributed by atoms with van der Waals surface area (Å²) >= 11 is 0. The molecule has 3 heterocycles. The largest absolute Gasteiger partial charge is 0.309 e. The molecule has 3 aromatic heterocycles. The van der Waals surface area contributed by atoms with Crippen molar-refractivity contribution in [3.63, 3.8) is 0 Å². The van der Waals surface area contributed by atoms with Crippen molar-refractivity contribution in [1.29, 1.82) is 0 Å². The van der Waals surface area contributed by atoms with Gasteiger partial charge < -0.3 is 9.13 Å². The summed E-state index contributed by atoms with van der Waals surface area (Å²) in [4.78, 5) is 10.5. The van der Waals surface area contributed by atoms with Crippen molar-refractivity contribution in [2.24, 2.45) is 0 Å². The van der Waals surface area contributed by atoms with Crippen molar-refractivity contribution in [2.45, 2.75) is 0 Å². The van der Waals surface area contributed by atoms with E-state index in [-0.39, 0.29) is 0 Å². The first-order valence-corrected chi connectivity index (χ1v) is 21.9. The summed E-state index contributed by atoms with van der Waals surface area (Å²) in [6.07, 6.45) is 0. The molecule has 4 nitrogen and oxygen atoms in total. The lowest BCUT2D eigenvalue weighted by atomic mass is 9.98. The summed E-state index contributed by atoms with van der Waals surface area (Å²) in [5, 5.41) is 14.7. The minimum absolute atomic E-state index is 0.876. The standard InChI is InChI=1S/C60H36N4/c1-2-13-39-31-44(23-21-37(39)11-1)59-60(62-53-19-9-8-18-52(53)61-59)45-24-22-43-33-46(27-25-42(43)32-45)64-55-30-28-47(36-51(55)50-34-40-14-3-4-15-41(40)35-57(50)64)63-54-20-10-7-17-49(54)58-48-16-6-5-12-38(48)26-29-56(58)63/h1-36H. The van der Waals surface area contributed by atoms with Crippen LogP contribution < -0.4 is 0 Å². The molecule has 0 amide bonds. The van der Waals surface area contributed by atoms with Gasteiger partial charge in [-0.2, -0.15) is 0 Å². The van der Waals surface area contributed by atoms with Gasteiger partial charge in [0.05, 0.1) is 44.5 Å². The van der Waals surface area contributed by atoms with E-state index in [1.165, 1.54) is 75.9 Å². The van der Waals surface area contributed by atoms with Crippen LogP contribution in [0, 0.1) is 0 Å². The third kappa shape index (κ3) is 5.23. The monoisotopic (exact) mass is 812 g/mol. The Labute approximate surface area is 367 Å². The molecule has 0 atom stereocenters. The Balaban J connectivity index is 0.948. The lowest BCUT2D eigenvalue weighted by Gasteiger charge is -2.13. The SMILES string of the molecule is c1ccc2cc(-c3nc4ccccc4nc3-c3ccc4cc(-n5c6ccc(-n7c8ccccc8c8c9ccccc9ccc87)cc6c6cc7ccccc7cc65)ccc4c3)ccc2c1. The highest BCUT2D eigenvalue weighted by atomic mass is 15.0. The van der Waals surface area contributed by atoms with E-state index < -0.39 is 0 Å². The van der Waals surface area contributed by atoms with Gasteiger partial charge >= 0.3 is 0 Å². The van der Waals surface area contributed by atoms with E-state index in [4.69, 9.17) is 9.97 Å². The molecule has 0 spiro atoms. The summed E-state index contributed by atoms with van der Waals surface area (Å²) in [6.45, 7) is 0. The third-order valence-corrected chi connectivity index (χ3v) is 13.4. The highest BCUT2D eigenvalue weighted by Gasteiger charge is 2.20. The third-order valence-electron chi connectivity index (χ3n) is 13.4. The molecule has 11 aromatic carbocycles. The first-order valence-electron chi connectivity index (χ1n) is 21.9. The van der Waals surface area contributed by atoms with E-state index in [1.54, 1.807) is 0 Å². The number of nitrogens with zero attached hydrogens (tertiary/aromatic N) is 4. The van der Waals surface area contributed by atoms with Crippen LogP contribution in [-0.4, -0.2) is 19.1 Å². The lowest BCUT2D eigenvalue weighted by Crippen LogP contribution is -1.97. The molecule has 0 saturated carbocycles. The smallest absolute Gasteiger partial charge is 0.0973 e. The summed E-state index contributed by atoms with van der Waals surface area (Å²) in [5.74, 6) is 0. The number of fused-ring (bicyclic) bond motifs is 12. The number of hydrogen-bond donors (Lipinski definition) is 0. The van der Waals surface area contributed by atoms with Crippen LogP contribution >= 0.6 is 0 Å². The van der Waals surface area contributed by atoms with E-state index >= 15 is 0 Å². The van der Waals surface area contributed by atoms with Crippen LogP contribution in [0.1, 0.15) is 0 Å². The van der Waals surface area contributed by atoms with Gasteiger partial charge in [-0.25, -0.2) is 9.97 Å². The molecule has 0 aliphatic heterocycles. The van der Waals surface area contributed by atoms with Crippen molar-refractivity contribution in [2.75, 3.05) is 0 Å². The zero-order valence-corrected chi connectivity index (χ0v) is 34.6. The van der Waals surface area contributed by atoms with Crippen molar-refractivity contribution in [1.82, 2.24) is 19.1 Å². The van der Waals surface area contributed by atoms with Gasteiger partial charge in [-0.1, -0.05) is 140 Å². The molecule has 14 rings (SSSR count). The predicted molar refractivity (Wildman–Crippen MR) is 269 cm³/mol. The number of benzene rings is 11. The molecular formula is C60H36N4. The first-order chi connectivity index (χ1) is 31.7. The van der Waals surface area contributed by atoms with Crippen LogP contribution in [0.4, 0.5) is 0 Å². The minimum atomic E-state index is 0.876. The number of rotatable bonds is 4. The van der Waals surface area contributed by atoms with Crippen LogP contribution in [0.25, 0.3) is 132 Å².